The molecule has 3 rings (SSSR count). The van der Waals surface area contributed by atoms with Crippen molar-refractivity contribution >= 4 is 22.6 Å². The molecule has 2 aromatic heterocycles. The lowest BCUT2D eigenvalue weighted by atomic mass is 9.96. The summed E-state index contributed by atoms with van der Waals surface area (Å²) in [7, 11) is 0. The summed E-state index contributed by atoms with van der Waals surface area (Å²) >= 11 is 0. The fraction of sp³-hybridized carbons (Fsp3) is 0.385. The van der Waals surface area contributed by atoms with Crippen LogP contribution in [0.5, 0.6) is 0 Å². The number of pyridine rings is 1. The molecule has 1 fully saturated rings. The van der Waals surface area contributed by atoms with Gasteiger partial charge in [-0.2, -0.15) is 0 Å². The van der Waals surface area contributed by atoms with Crippen LogP contribution in [0.15, 0.2) is 24.5 Å². The van der Waals surface area contributed by atoms with E-state index >= 15 is 0 Å². The summed E-state index contributed by atoms with van der Waals surface area (Å²) in [5.41, 5.74) is 6.44. The summed E-state index contributed by atoms with van der Waals surface area (Å²) in [5.74, 6) is 0.839. The molecule has 1 saturated heterocycles. The molecule has 1 amide bonds. The highest BCUT2D eigenvalue weighted by Crippen LogP contribution is 2.27. The molecule has 3 heterocycles. The van der Waals surface area contributed by atoms with Crippen LogP contribution in [-0.4, -0.2) is 29.0 Å². The van der Waals surface area contributed by atoms with E-state index < -0.39 is 0 Å². The van der Waals surface area contributed by atoms with Crippen LogP contribution in [0.2, 0.25) is 0 Å². The Hall–Kier alpha value is -2.04. The van der Waals surface area contributed by atoms with Crippen LogP contribution in [0.4, 0.5) is 5.82 Å². The Morgan fingerprint density at radius 2 is 2.17 bits per heavy atom. The second kappa shape index (κ2) is 4.33. The van der Waals surface area contributed by atoms with Gasteiger partial charge in [0, 0.05) is 36.8 Å². The van der Waals surface area contributed by atoms with E-state index in [4.69, 9.17) is 5.73 Å². The number of carbonyl (C=O) groups is 1. The molecular weight excluding hydrogens is 228 g/mol. The van der Waals surface area contributed by atoms with Crippen molar-refractivity contribution in [2.75, 3.05) is 18.0 Å². The van der Waals surface area contributed by atoms with Crippen LogP contribution in [0.1, 0.15) is 12.8 Å². The predicted octanol–water partition coefficient (Wildman–Crippen LogP) is 1.26. The van der Waals surface area contributed by atoms with Gasteiger partial charge >= 0.3 is 0 Å². The van der Waals surface area contributed by atoms with Gasteiger partial charge in [0.2, 0.25) is 5.91 Å². The van der Waals surface area contributed by atoms with Crippen molar-refractivity contribution in [3.05, 3.63) is 24.5 Å². The Labute approximate surface area is 105 Å². The average Bonchev–Trinajstić information content (AvgIpc) is 2.87. The average molecular weight is 244 g/mol. The molecule has 18 heavy (non-hydrogen) atoms. The number of aromatic amines is 1. The van der Waals surface area contributed by atoms with Crippen molar-refractivity contribution in [1.29, 1.82) is 0 Å². The number of fused-ring (bicyclic) bond motifs is 1. The number of nitrogens with zero attached hydrogens (tertiary/aromatic N) is 2. The quantitative estimate of drug-likeness (QED) is 0.835. The first-order valence-electron chi connectivity index (χ1n) is 6.22. The first kappa shape index (κ1) is 11.1. The number of primary amides is 1. The maximum Gasteiger partial charge on any atom is 0.220 e. The van der Waals surface area contributed by atoms with Crippen molar-refractivity contribution in [3.8, 4) is 0 Å². The highest BCUT2D eigenvalue weighted by Gasteiger charge is 2.24. The minimum atomic E-state index is -0.178. The molecule has 1 aliphatic rings. The first-order chi connectivity index (χ1) is 8.75. The number of carbonyl (C=O) groups excluding carboxylic acids is 1. The molecule has 1 aliphatic heterocycles. The molecule has 0 spiro atoms. The molecule has 0 atom stereocenters. The summed E-state index contributed by atoms with van der Waals surface area (Å²) in [6, 6.07) is 4.01. The molecule has 2 aromatic rings. The molecule has 0 bridgehead atoms. The number of aromatic nitrogens is 2. The number of anilines is 1. The largest absolute Gasteiger partial charge is 0.369 e. The van der Waals surface area contributed by atoms with Gasteiger partial charge in [-0.25, -0.2) is 4.98 Å². The monoisotopic (exact) mass is 244 g/mol. The van der Waals surface area contributed by atoms with Crippen LogP contribution >= 0.6 is 0 Å². The van der Waals surface area contributed by atoms with Gasteiger partial charge in [-0.1, -0.05) is 0 Å². The minimum absolute atomic E-state index is 0.0201. The Morgan fingerprint density at radius 1 is 1.39 bits per heavy atom. The molecule has 5 nitrogen and oxygen atoms in total. The maximum absolute atomic E-state index is 11.2. The van der Waals surface area contributed by atoms with Gasteiger partial charge in [0.25, 0.3) is 0 Å². The third-order valence-electron chi connectivity index (χ3n) is 3.65. The van der Waals surface area contributed by atoms with E-state index in [1.54, 1.807) is 0 Å². The number of hydrogen-bond acceptors (Lipinski definition) is 3. The summed E-state index contributed by atoms with van der Waals surface area (Å²) < 4.78 is 0. The Bertz CT molecular complexity index is 569. The standard InChI is InChI=1S/C13H16N4O/c14-12(18)9-3-7-17(8-4-9)13-10-1-5-15-11(10)2-6-16-13/h1-2,5-6,9,15H,3-4,7-8H2,(H2,14,18). The molecule has 0 radical (unpaired) electrons. The zero-order valence-electron chi connectivity index (χ0n) is 10.1. The smallest absolute Gasteiger partial charge is 0.220 e. The third kappa shape index (κ3) is 1.81. The van der Waals surface area contributed by atoms with Crippen LogP contribution in [0.25, 0.3) is 10.9 Å². The van der Waals surface area contributed by atoms with E-state index in [2.05, 4.69) is 14.9 Å². The van der Waals surface area contributed by atoms with E-state index in [0.29, 0.717) is 0 Å². The van der Waals surface area contributed by atoms with Crippen molar-refractivity contribution in [2.24, 2.45) is 11.7 Å². The third-order valence-corrected chi connectivity index (χ3v) is 3.65. The van der Waals surface area contributed by atoms with Gasteiger partial charge in [-0.3, -0.25) is 4.79 Å². The van der Waals surface area contributed by atoms with Gasteiger partial charge in [0.15, 0.2) is 0 Å². The van der Waals surface area contributed by atoms with E-state index in [1.165, 1.54) is 0 Å². The zero-order valence-corrected chi connectivity index (χ0v) is 10.1. The van der Waals surface area contributed by atoms with Gasteiger partial charge in [0.1, 0.15) is 5.82 Å². The van der Waals surface area contributed by atoms with Crippen LogP contribution in [-0.2, 0) is 4.79 Å². The fourth-order valence-electron chi connectivity index (χ4n) is 2.59. The molecule has 3 N–H and O–H groups in total. The van der Waals surface area contributed by atoms with E-state index in [1.807, 2.05) is 24.5 Å². The van der Waals surface area contributed by atoms with Crippen molar-refractivity contribution in [2.45, 2.75) is 12.8 Å². The van der Waals surface area contributed by atoms with E-state index in [0.717, 1.165) is 42.7 Å². The normalized spacial score (nSPS) is 17.2. The molecule has 0 saturated carbocycles. The lowest BCUT2D eigenvalue weighted by Crippen LogP contribution is -2.38. The molecular formula is C13H16N4O. The highest BCUT2D eigenvalue weighted by molar-refractivity contribution is 5.90. The van der Waals surface area contributed by atoms with Gasteiger partial charge in [-0.05, 0) is 25.0 Å². The topological polar surface area (TPSA) is 75.0 Å². The Morgan fingerprint density at radius 3 is 2.89 bits per heavy atom. The summed E-state index contributed by atoms with van der Waals surface area (Å²) in [4.78, 5) is 21.0. The van der Waals surface area contributed by atoms with Crippen molar-refractivity contribution < 1.29 is 4.79 Å². The molecule has 0 aliphatic carbocycles. The highest BCUT2D eigenvalue weighted by atomic mass is 16.1. The number of piperidine rings is 1. The Kier molecular flexibility index (Phi) is 2.66. The number of nitrogens with two attached hydrogens (primary N) is 1. The molecule has 5 heteroatoms. The molecule has 0 aromatic carbocycles. The van der Waals surface area contributed by atoms with Crippen molar-refractivity contribution in [1.82, 2.24) is 9.97 Å². The fourth-order valence-corrected chi connectivity index (χ4v) is 2.59. The lowest BCUT2D eigenvalue weighted by Gasteiger charge is -2.31. The van der Waals surface area contributed by atoms with Crippen LogP contribution in [0.3, 0.4) is 0 Å². The van der Waals surface area contributed by atoms with E-state index in [-0.39, 0.29) is 11.8 Å². The second-order valence-electron chi connectivity index (χ2n) is 4.74. The number of amides is 1. The van der Waals surface area contributed by atoms with Crippen LogP contribution < -0.4 is 10.6 Å². The SMILES string of the molecule is NC(=O)C1CCN(c2nccc3[nH]ccc23)CC1. The van der Waals surface area contributed by atoms with E-state index in [9.17, 15) is 4.79 Å². The van der Waals surface area contributed by atoms with Gasteiger partial charge < -0.3 is 15.6 Å². The van der Waals surface area contributed by atoms with Crippen molar-refractivity contribution in [3.63, 3.8) is 0 Å². The summed E-state index contributed by atoms with van der Waals surface area (Å²) in [6.45, 7) is 1.68. The lowest BCUT2D eigenvalue weighted by molar-refractivity contribution is -0.122. The number of nitrogens with one attached hydrogen (secondary N) is 1. The first-order valence-corrected chi connectivity index (χ1v) is 6.22. The number of hydrogen-bond donors (Lipinski definition) is 2. The van der Waals surface area contributed by atoms with Crippen LogP contribution in [0, 0.1) is 5.92 Å². The van der Waals surface area contributed by atoms with Gasteiger partial charge in [-0.15, -0.1) is 0 Å². The maximum atomic E-state index is 11.2. The summed E-state index contributed by atoms with van der Waals surface area (Å²) in [6.07, 6.45) is 5.37. The zero-order chi connectivity index (χ0) is 12.5. The molecule has 94 valence electrons. The molecule has 0 unspecified atom stereocenters. The number of rotatable bonds is 2. The summed E-state index contributed by atoms with van der Waals surface area (Å²) in [5, 5.41) is 1.13. The minimum Gasteiger partial charge on any atom is -0.369 e. The number of H-pyrrole nitrogens is 1. The van der Waals surface area contributed by atoms with Gasteiger partial charge in [0.05, 0.1) is 5.52 Å². The predicted molar refractivity (Wildman–Crippen MR) is 70.2 cm³/mol. The second-order valence-corrected chi connectivity index (χ2v) is 4.74. The Balaban J connectivity index is 1.84.